The maximum Gasteiger partial charge on any atom is 0.455 e. The Morgan fingerprint density at radius 2 is 1.35 bits per heavy atom. The number of ketones is 1. The number of aromatic amines is 1. The number of nitrogens with two attached hydrogens (primary N) is 1. The average Bonchev–Trinajstić information content (AvgIpc) is 3.45. The Bertz CT molecular complexity index is 2100. The molecule has 264 valence electrons. The predicted molar refractivity (Wildman–Crippen MR) is 166 cm³/mol. The molecule has 0 saturated carbocycles. The van der Waals surface area contributed by atoms with Gasteiger partial charge in [-0.25, -0.2) is 14.4 Å². The molecule has 0 radical (unpaired) electrons. The molecule has 0 aliphatic rings. The Kier molecular flexibility index (Phi) is 13.6. The number of carbonyl (C=O) groups excluding carboxylic acids is 3. The molecule has 0 spiro atoms. The summed E-state index contributed by atoms with van der Waals surface area (Å²) in [4.78, 5) is 58.8. The highest BCUT2D eigenvalue weighted by Crippen LogP contribution is 2.38. The largest absolute Gasteiger partial charge is 0.465 e. The molecule has 49 heavy (non-hydrogen) atoms. The monoisotopic (exact) mass is 740 g/mol. The molecule has 19 heteroatoms. The Hall–Kier alpha value is -4.87. The number of H-pyrrole nitrogens is 1. The minimum absolute atomic E-state index is 0. The van der Waals surface area contributed by atoms with Crippen LogP contribution in [0.3, 0.4) is 0 Å². The van der Waals surface area contributed by atoms with Gasteiger partial charge in [0.1, 0.15) is 28.0 Å². The Labute approximate surface area is 281 Å². The van der Waals surface area contributed by atoms with E-state index in [2.05, 4.69) is 18.9 Å². The Morgan fingerprint density at radius 3 is 1.84 bits per heavy atom. The number of halogens is 8. The zero-order valence-electron chi connectivity index (χ0n) is 25.0. The number of nitrogens with one attached hydrogen (secondary N) is 1. The van der Waals surface area contributed by atoms with Gasteiger partial charge in [-0.1, -0.05) is 35.9 Å². The highest BCUT2D eigenvalue weighted by Gasteiger charge is 2.43. The lowest BCUT2D eigenvalue weighted by Gasteiger charge is -2.07. The highest BCUT2D eigenvalue weighted by atomic mass is 35.5. The van der Waals surface area contributed by atoms with E-state index in [0.717, 1.165) is 0 Å². The molecule has 0 fully saturated rings. The van der Waals surface area contributed by atoms with Gasteiger partial charge in [-0.3, -0.25) is 9.59 Å². The summed E-state index contributed by atoms with van der Waals surface area (Å²) >= 11 is 5.67. The molecule has 5 aromatic rings. The summed E-state index contributed by atoms with van der Waals surface area (Å²) in [6.07, 6.45) is -10.1. The molecule has 0 unspecified atom stereocenters. The molecular weight excluding hydrogens is 717 g/mol. The van der Waals surface area contributed by atoms with Gasteiger partial charge in [-0.2, -0.15) is 26.3 Å². The van der Waals surface area contributed by atoms with Crippen LogP contribution in [0.1, 0.15) is 40.3 Å². The fraction of sp³-hybridized carbons (Fsp3) is 0.233. The topological polar surface area (TPSA) is 172 Å². The molecular formula is C30H24Cl2F6N2O9. The molecule has 5 rings (SSSR count). The number of fused-ring (bicyclic) bond motifs is 4. The van der Waals surface area contributed by atoms with Gasteiger partial charge in [-0.05, 0) is 38.1 Å². The molecule has 0 amide bonds. The summed E-state index contributed by atoms with van der Waals surface area (Å²) in [5.41, 5.74) is -1.02. The van der Waals surface area contributed by atoms with Crippen LogP contribution in [0.15, 0.2) is 67.0 Å². The van der Waals surface area contributed by atoms with Gasteiger partial charge in [0, 0.05) is 10.8 Å². The summed E-state index contributed by atoms with van der Waals surface area (Å²) in [7, 11) is 0. The van der Waals surface area contributed by atoms with E-state index in [4.69, 9.17) is 21.8 Å². The van der Waals surface area contributed by atoms with Crippen molar-refractivity contribution in [1.29, 1.82) is 0 Å². The quantitative estimate of drug-likeness (QED) is 0.0867. The second-order valence-corrected chi connectivity index (χ2v) is 9.52. The van der Waals surface area contributed by atoms with E-state index in [1.165, 1.54) is 43.3 Å². The van der Waals surface area contributed by atoms with E-state index in [-0.39, 0.29) is 59.0 Å². The Morgan fingerprint density at radius 1 is 0.837 bits per heavy atom. The third-order valence-corrected chi connectivity index (χ3v) is 6.43. The lowest BCUT2D eigenvalue weighted by molar-refractivity contribution is -0.141. The molecule has 0 aliphatic heterocycles. The number of alkyl halides is 6. The van der Waals surface area contributed by atoms with Gasteiger partial charge in [-0.15, -0.1) is 12.4 Å². The van der Waals surface area contributed by atoms with Gasteiger partial charge in [0.05, 0.1) is 35.7 Å². The number of para-hydroxylation sites is 2. The van der Waals surface area contributed by atoms with Crippen LogP contribution in [-0.2, 0) is 20.4 Å². The number of benzene rings is 2. The summed E-state index contributed by atoms with van der Waals surface area (Å²) < 4.78 is 95.7. The number of rotatable bonds is 5. The third-order valence-electron chi connectivity index (χ3n) is 6.03. The molecule has 2 aromatic carbocycles. The summed E-state index contributed by atoms with van der Waals surface area (Å²) in [6.45, 7) is 3.51. The van der Waals surface area contributed by atoms with E-state index in [9.17, 15) is 50.3 Å². The van der Waals surface area contributed by atoms with Crippen molar-refractivity contribution in [3.05, 3.63) is 91.2 Å². The van der Waals surface area contributed by atoms with Crippen molar-refractivity contribution < 1.29 is 59.0 Å². The lowest BCUT2D eigenvalue weighted by atomic mass is 10.1. The number of esters is 2. The van der Waals surface area contributed by atoms with Gasteiger partial charge in [0.2, 0.25) is 0 Å². The standard InChI is InChI=1S/C15H10F3NO4.C11H4ClF3O3.C4H9NO2.ClH/c1-2-22-14(21)12-10(15(16,17)18)9-11(19-12)7-5-3-4-6-8(7)23-13(9)20;12-8-5-3-1-2-4-6(5)18-10(17)7(8)9(16)11(13,14)15;1-2-7-4(6)3-5;/h3-6,19H,2H2,1H3;1-4H;2-3,5H2,1H3;1H. The number of Topliss-reactive ketones (excluding diaryl/α,β-unsaturated/α-hetero) is 1. The lowest BCUT2D eigenvalue weighted by Crippen LogP contribution is -2.28. The summed E-state index contributed by atoms with van der Waals surface area (Å²) in [5, 5.41) is -0.919. The molecule has 0 aliphatic carbocycles. The van der Waals surface area contributed by atoms with Gasteiger partial charge < -0.3 is 29.0 Å². The van der Waals surface area contributed by atoms with Crippen molar-refractivity contribution in [1.82, 2.24) is 4.98 Å². The molecule has 11 nitrogen and oxygen atoms in total. The molecule has 3 aromatic heterocycles. The van der Waals surface area contributed by atoms with Gasteiger partial charge in [0.25, 0.3) is 5.78 Å². The zero-order valence-corrected chi connectivity index (χ0v) is 26.6. The number of ether oxygens (including phenoxy) is 2. The smallest absolute Gasteiger partial charge is 0.455 e. The molecule has 3 heterocycles. The van der Waals surface area contributed by atoms with Gasteiger partial charge >= 0.3 is 35.5 Å². The van der Waals surface area contributed by atoms with Crippen molar-refractivity contribution in [3.8, 4) is 0 Å². The van der Waals surface area contributed by atoms with E-state index in [1.54, 1.807) is 19.1 Å². The molecule has 0 atom stereocenters. The fourth-order valence-electron chi connectivity index (χ4n) is 4.13. The van der Waals surface area contributed by atoms with Gasteiger partial charge in [0.15, 0.2) is 0 Å². The van der Waals surface area contributed by atoms with E-state index in [0.29, 0.717) is 6.61 Å². The minimum Gasteiger partial charge on any atom is -0.465 e. The normalized spacial score (nSPS) is 11.1. The van der Waals surface area contributed by atoms with E-state index >= 15 is 0 Å². The van der Waals surface area contributed by atoms with Crippen molar-refractivity contribution in [2.75, 3.05) is 19.8 Å². The predicted octanol–water partition coefficient (Wildman–Crippen LogP) is 6.59. The van der Waals surface area contributed by atoms with Crippen LogP contribution in [0, 0.1) is 0 Å². The fourth-order valence-corrected chi connectivity index (χ4v) is 4.44. The zero-order chi connectivity index (χ0) is 36.0. The summed E-state index contributed by atoms with van der Waals surface area (Å²) in [5.74, 6) is -3.84. The third kappa shape index (κ3) is 9.18. The van der Waals surface area contributed by atoms with Crippen LogP contribution < -0.4 is 17.0 Å². The van der Waals surface area contributed by atoms with Crippen molar-refractivity contribution in [3.63, 3.8) is 0 Å². The number of hydrogen-bond acceptors (Lipinski definition) is 10. The van der Waals surface area contributed by atoms with Crippen LogP contribution in [-0.4, -0.2) is 48.6 Å². The first-order valence-electron chi connectivity index (χ1n) is 13.5. The maximum atomic E-state index is 13.4. The SMILES string of the molecule is CCOC(=O)CN.CCOC(=O)c1[nH]c2c(c1C(F)(F)F)c(=O)oc1ccccc12.Cl.O=C(c1c(Cl)c2ccccc2oc1=O)C(F)(F)F. The molecule has 3 N–H and O–H groups in total. The summed E-state index contributed by atoms with van der Waals surface area (Å²) in [6, 6.07) is 11.8. The molecule has 0 bridgehead atoms. The first-order valence-corrected chi connectivity index (χ1v) is 13.9. The first-order chi connectivity index (χ1) is 22.5. The first kappa shape index (κ1) is 40.3. The van der Waals surface area contributed by atoms with E-state index in [1.807, 2.05) is 0 Å². The maximum absolute atomic E-state index is 13.4. The van der Waals surface area contributed by atoms with Crippen LogP contribution in [0.5, 0.6) is 0 Å². The van der Waals surface area contributed by atoms with Crippen molar-refractivity contribution >= 4 is 74.6 Å². The number of aromatic nitrogens is 1. The average molecular weight is 741 g/mol. The van der Waals surface area contributed by atoms with Crippen molar-refractivity contribution in [2.24, 2.45) is 5.73 Å². The second kappa shape index (κ2) is 16.5. The molecule has 0 saturated heterocycles. The highest BCUT2D eigenvalue weighted by molar-refractivity contribution is 6.38. The number of carbonyl (C=O) groups is 3. The second-order valence-electron chi connectivity index (χ2n) is 9.14. The number of hydrogen-bond donors (Lipinski definition) is 2. The minimum atomic E-state index is -5.18. The Balaban J connectivity index is 0.000000286. The van der Waals surface area contributed by atoms with E-state index < -0.39 is 62.6 Å². The van der Waals surface area contributed by atoms with Crippen LogP contribution in [0.2, 0.25) is 5.02 Å². The van der Waals surface area contributed by atoms with Crippen LogP contribution >= 0.6 is 24.0 Å². The van der Waals surface area contributed by atoms with Crippen LogP contribution in [0.4, 0.5) is 26.3 Å². The van der Waals surface area contributed by atoms with Crippen LogP contribution in [0.25, 0.3) is 32.8 Å². The van der Waals surface area contributed by atoms with Crippen molar-refractivity contribution in [2.45, 2.75) is 26.2 Å².